The Morgan fingerprint density at radius 2 is 2.05 bits per heavy atom. The maximum Gasteiger partial charge on any atom is 0.147 e. The van der Waals surface area contributed by atoms with E-state index in [-0.39, 0.29) is 12.2 Å². The van der Waals surface area contributed by atoms with Crippen molar-refractivity contribution in [3.63, 3.8) is 0 Å². The summed E-state index contributed by atoms with van der Waals surface area (Å²) in [5.41, 5.74) is 0.384. The highest BCUT2D eigenvalue weighted by atomic mass is 79.9. The van der Waals surface area contributed by atoms with Gasteiger partial charge < -0.3 is 0 Å². The minimum atomic E-state index is -0.432. The van der Waals surface area contributed by atoms with Crippen LogP contribution in [0.15, 0.2) is 51.8 Å². The molecule has 2 aromatic carbocycles. The molecule has 0 aliphatic heterocycles. The molecule has 0 amide bonds. The van der Waals surface area contributed by atoms with Crippen molar-refractivity contribution in [2.75, 3.05) is 5.75 Å². The molecule has 1 nitrogen and oxygen atoms in total. The fourth-order valence-electron chi connectivity index (χ4n) is 1.65. The maximum absolute atomic E-state index is 13.6. The minimum absolute atomic E-state index is 0.0174. The van der Waals surface area contributed by atoms with E-state index in [9.17, 15) is 9.18 Å². The third-order valence-corrected chi connectivity index (χ3v) is 4.38. The van der Waals surface area contributed by atoms with Gasteiger partial charge in [0, 0.05) is 20.8 Å². The summed E-state index contributed by atoms with van der Waals surface area (Å²) in [5.74, 6) is -0.132. The van der Waals surface area contributed by atoms with Crippen LogP contribution in [0.1, 0.15) is 5.56 Å². The number of benzene rings is 2. The fraction of sp³-hybridized carbons (Fsp3) is 0.133. The minimum Gasteiger partial charge on any atom is -0.298 e. The lowest BCUT2D eigenvalue weighted by atomic mass is 10.1. The molecule has 0 unspecified atom stereocenters. The molecule has 0 radical (unpaired) electrons. The van der Waals surface area contributed by atoms with Crippen molar-refractivity contribution in [3.05, 3.63) is 63.3 Å². The second-order valence-electron chi connectivity index (χ2n) is 4.20. The number of ketones is 1. The molecule has 0 bridgehead atoms. The van der Waals surface area contributed by atoms with Gasteiger partial charge in [-0.1, -0.05) is 39.7 Å². The number of thioether (sulfide) groups is 1. The predicted molar refractivity (Wildman–Crippen MR) is 85.0 cm³/mol. The summed E-state index contributed by atoms with van der Waals surface area (Å²) in [7, 11) is 0. The summed E-state index contributed by atoms with van der Waals surface area (Å²) in [5, 5.41) is 0.335. The van der Waals surface area contributed by atoms with Crippen LogP contribution < -0.4 is 0 Å². The van der Waals surface area contributed by atoms with Gasteiger partial charge in [-0.2, -0.15) is 0 Å². The number of carbonyl (C=O) groups excluding carboxylic acids is 1. The second kappa shape index (κ2) is 7.25. The van der Waals surface area contributed by atoms with E-state index >= 15 is 0 Å². The summed E-state index contributed by atoms with van der Waals surface area (Å²) < 4.78 is 14.5. The third kappa shape index (κ3) is 4.62. The van der Waals surface area contributed by atoms with Crippen molar-refractivity contribution in [1.29, 1.82) is 0 Å². The van der Waals surface area contributed by atoms with E-state index < -0.39 is 5.82 Å². The third-order valence-electron chi connectivity index (χ3n) is 2.60. The number of hydrogen-bond acceptors (Lipinski definition) is 2. The zero-order valence-corrected chi connectivity index (χ0v) is 13.6. The predicted octanol–water partition coefficient (Wildman–Crippen LogP) is 5.15. The van der Waals surface area contributed by atoms with Crippen LogP contribution in [0.2, 0.25) is 5.02 Å². The largest absolute Gasteiger partial charge is 0.298 e. The zero-order chi connectivity index (χ0) is 14.5. The number of hydrogen-bond donors (Lipinski definition) is 0. The van der Waals surface area contributed by atoms with Gasteiger partial charge in [0.2, 0.25) is 0 Å². The molecule has 0 aromatic heterocycles. The summed E-state index contributed by atoms with van der Waals surface area (Å²) in [4.78, 5) is 12.9. The van der Waals surface area contributed by atoms with Crippen LogP contribution in [0.4, 0.5) is 4.39 Å². The quantitative estimate of drug-likeness (QED) is 0.675. The number of rotatable bonds is 5. The van der Waals surface area contributed by atoms with Gasteiger partial charge in [0.15, 0.2) is 0 Å². The highest BCUT2D eigenvalue weighted by molar-refractivity contribution is 9.10. The summed E-state index contributed by atoms with van der Waals surface area (Å²) >= 11 is 10.5. The van der Waals surface area contributed by atoms with Gasteiger partial charge in [0.05, 0.1) is 5.75 Å². The van der Waals surface area contributed by atoms with E-state index in [4.69, 9.17) is 11.6 Å². The lowest BCUT2D eigenvalue weighted by Crippen LogP contribution is -2.07. The summed E-state index contributed by atoms with van der Waals surface area (Å²) in [6.45, 7) is 0. The van der Waals surface area contributed by atoms with Crippen LogP contribution in [-0.2, 0) is 11.2 Å². The van der Waals surface area contributed by atoms with E-state index in [1.807, 2.05) is 24.3 Å². The molecule has 2 rings (SSSR count). The van der Waals surface area contributed by atoms with Crippen LogP contribution in [0.3, 0.4) is 0 Å². The zero-order valence-electron chi connectivity index (χ0n) is 10.4. The average Bonchev–Trinajstić information content (AvgIpc) is 2.40. The first-order valence-electron chi connectivity index (χ1n) is 5.88. The SMILES string of the molecule is O=C(CSc1cccc(Br)c1)Cc1ccc(Cl)cc1F. The number of carbonyl (C=O) groups is 1. The number of Topliss-reactive ketones (excluding diaryl/α,β-unsaturated/α-hetero) is 1. The van der Waals surface area contributed by atoms with Crippen LogP contribution in [0, 0.1) is 5.82 Å². The molecule has 104 valence electrons. The Morgan fingerprint density at radius 3 is 2.75 bits per heavy atom. The Kier molecular flexibility index (Phi) is 5.64. The topological polar surface area (TPSA) is 17.1 Å². The lowest BCUT2D eigenvalue weighted by Gasteiger charge is -2.04. The molecule has 0 atom stereocenters. The van der Waals surface area contributed by atoms with Crippen molar-refractivity contribution in [3.8, 4) is 0 Å². The summed E-state index contributed by atoms with van der Waals surface area (Å²) in [6, 6.07) is 12.1. The Labute approximate surface area is 134 Å². The first-order chi connectivity index (χ1) is 9.54. The molecule has 0 saturated carbocycles. The van der Waals surface area contributed by atoms with Gasteiger partial charge in [-0.15, -0.1) is 11.8 Å². The van der Waals surface area contributed by atoms with Crippen molar-refractivity contribution in [2.45, 2.75) is 11.3 Å². The summed E-state index contributed by atoms with van der Waals surface area (Å²) in [6.07, 6.45) is 0.0873. The van der Waals surface area contributed by atoms with Crippen molar-refractivity contribution in [2.24, 2.45) is 0 Å². The first kappa shape index (κ1) is 15.5. The molecule has 20 heavy (non-hydrogen) atoms. The van der Waals surface area contributed by atoms with E-state index in [1.165, 1.54) is 17.8 Å². The molecule has 0 saturated heterocycles. The smallest absolute Gasteiger partial charge is 0.147 e. The molecule has 0 aliphatic carbocycles. The van der Waals surface area contributed by atoms with Gasteiger partial charge in [-0.05, 0) is 35.9 Å². The van der Waals surface area contributed by atoms with E-state index in [1.54, 1.807) is 12.1 Å². The van der Waals surface area contributed by atoms with Crippen LogP contribution in [0.5, 0.6) is 0 Å². The highest BCUT2D eigenvalue weighted by Gasteiger charge is 2.09. The van der Waals surface area contributed by atoms with Gasteiger partial charge in [0.1, 0.15) is 11.6 Å². The maximum atomic E-state index is 13.6. The fourth-order valence-corrected chi connectivity index (χ4v) is 3.17. The van der Waals surface area contributed by atoms with E-state index in [0.29, 0.717) is 16.3 Å². The van der Waals surface area contributed by atoms with Gasteiger partial charge >= 0.3 is 0 Å². The average molecular weight is 374 g/mol. The van der Waals surface area contributed by atoms with Crippen LogP contribution >= 0.6 is 39.3 Å². The molecule has 2 aromatic rings. The Morgan fingerprint density at radius 1 is 1.25 bits per heavy atom. The first-order valence-corrected chi connectivity index (χ1v) is 8.04. The van der Waals surface area contributed by atoms with Crippen molar-refractivity contribution in [1.82, 2.24) is 0 Å². The Hall–Kier alpha value is -0.840. The molecule has 0 fully saturated rings. The lowest BCUT2D eigenvalue weighted by molar-refractivity contribution is -0.116. The molecule has 5 heteroatoms. The molecular weight excluding hydrogens is 363 g/mol. The monoisotopic (exact) mass is 372 g/mol. The molecular formula is C15H11BrClFOS. The van der Waals surface area contributed by atoms with Gasteiger partial charge in [-0.3, -0.25) is 4.79 Å². The van der Waals surface area contributed by atoms with E-state index in [0.717, 1.165) is 9.37 Å². The highest BCUT2D eigenvalue weighted by Crippen LogP contribution is 2.22. The number of halogens is 3. The normalized spacial score (nSPS) is 10.6. The van der Waals surface area contributed by atoms with Gasteiger partial charge in [-0.25, -0.2) is 4.39 Å². The van der Waals surface area contributed by atoms with Crippen molar-refractivity contribution < 1.29 is 9.18 Å². The molecule has 0 heterocycles. The molecule has 0 N–H and O–H groups in total. The molecule has 0 aliphatic rings. The standard InChI is InChI=1S/C15H11BrClFOS/c16-11-2-1-3-14(7-11)20-9-13(19)6-10-4-5-12(17)8-15(10)18/h1-5,7-8H,6,9H2. The van der Waals surface area contributed by atoms with Crippen LogP contribution in [-0.4, -0.2) is 11.5 Å². The van der Waals surface area contributed by atoms with E-state index in [2.05, 4.69) is 15.9 Å². The van der Waals surface area contributed by atoms with Crippen molar-refractivity contribution >= 4 is 45.1 Å². The molecule has 0 spiro atoms. The second-order valence-corrected chi connectivity index (χ2v) is 6.60. The Balaban J connectivity index is 1.92. The van der Waals surface area contributed by atoms with Crippen LogP contribution in [0.25, 0.3) is 0 Å². The Bertz CT molecular complexity index is 633. The van der Waals surface area contributed by atoms with Gasteiger partial charge in [0.25, 0.3) is 0 Å².